The highest BCUT2D eigenvalue weighted by molar-refractivity contribution is 8.14. The van der Waals surface area contributed by atoms with E-state index < -0.39 is 22.3 Å². The topological polar surface area (TPSA) is 119 Å². The summed E-state index contributed by atoms with van der Waals surface area (Å²) in [5.41, 5.74) is 0.525. The number of thioether (sulfide) groups is 1. The van der Waals surface area contributed by atoms with Crippen molar-refractivity contribution in [3.05, 3.63) is 69.8 Å². The number of carbonyl (C=O) groups is 3. The Kier molecular flexibility index (Phi) is 5.87. The number of benzene rings is 2. The smallest absolute Gasteiger partial charge is 0.291 e. The number of nitro groups is 1. The molecule has 0 aliphatic carbocycles. The van der Waals surface area contributed by atoms with Gasteiger partial charge in [-0.3, -0.25) is 24.5 Å². The summed E-state index contributed by atoms with van der Waals surface area (Å²) in [7, 11) is 0. The Morgan fingerprint density at radius 2 is 1.94 bits per heavy atom. The van der Waals surface area contributed by atoms with Crippen molar-refractivity contribution in [3.63, 3.8) is 0 Å². The van der Waals surface area contributed by atoms with Crippen molar-refractivity contribution in [1.29, 1.82) is 0 Å². The number of nitro benzene ring substituents is 1. The lowest BCUT2D eigenvalue weighted by Gasteiger charge is -2.30. The van der Waals surface area contributed by atoms with Crippen LogP contribution in [0.3, 0.4) is 0 Å². The van der Waals surface area contributed by atoms with Crippen LogP contribution in [-0.4, -0.2) is 57.4 Å². The lowest BCUT2D eigenvalue weighted by Crippen LogP contribution is -2.42. The molecular weight excluding hydrogens is 426 g/mol. The second-order valence-electron chi connectivity index (χ2n) is 6.73. The van der Waals surface area contributed by atoms with Crippen LogP contribution < -0.4 is 4.74 Å². The molecule has 1 fully saturated rings. The highest BCUT2D eigenvalue weighted by Crippen LogP contribution is 2.32. The fourth-order valence-electron chi connectivity index (χ4n) is 3.27. The van der Waals surface area contributed by atoms with E-state index in [1.54, 1.807) is 24.3 Å². The van der Waals surface area contributed by atoms with Crippen molar-refractivity contribution in [2.75, 3.05) is 25.6 Å². The molecule has 1 atom stereocenters. The van der Waals surface area contributed by atoms with Gasteiger partial charge in [-0.15, -0.1) is 0 Å². The predicted molar refractivity (Wildman–Crippen MR) is 109 cm³/mol. The van der Waals surface area contributed by atoms with E-state index in [2.05, 4.69) is 0 Å². The number of amides is 3. The van der Waals surface area contributed by atoms with E-state index in [0.717, 1.165) is 16.7 Å². The number of fused-ring (bicyclic) bond motifs is 1. The van der Waals surface area contributed by atoms with E-state index in [1.807, 2.05) is 6.07 Å². The van der Waals surface area contributed by atoms with Gasteiger partial charge < -0.3 is 14.4 Å². The molecule has 2 aromatic carbocycles. The first-order valence-electron chi connectivity index (χ1n) is 9.31. The van der Waals surface area contributed by atoms with Crippen molar-refractivity contribution < 1.29 is 28.8 Å². The maximum Gasteiger partial charge on any atom is 0.291 e. The Labute approximate surface area is 180 Å². The van der Waals surface area contributed by atoms with Crippen LogP contribution in [0.1, 0.15) is 22.1 Å². The second kappa shape index (κ2) is 8.74. The molecule has 11 heteroatoms. The lowest BCUT2D eigenvalue weighted by molar-refractivity contribution is -0.384. The second-order valence-corrected chi connectivity index (χ2v) is 7.66. The number of hydrogen-bond acceptors (Lipinski definition) is 8. The van der Waals surface area contributed by atoms with Gasteiger partial charge in [-0.05, 0) is 6.07 Å². The van der Waals surface area contributed by atoms with Crippen LogP contribution in [0.25, 0.3) is 0 Å². The van der Waals surface area contributed by atoms with Crippen LogP contribution in [0, 0.1) is 10.1 Å². The molecule has 2 aromatic rings. The van der Waals surface area contributed by atoms with E-state index in [9.17, 15) is 24.5 Å². The molecule has 31 heavy (non-hydrogen) atoms. The van der Waals surface area contributed by atoms with Gasteiger partial charge >= 0.3 is 0 Å². The average molecular weight is 443 g/mol. The zero-order valence-electron chi connectivity index (χ0n) is 16.1. The number of imide groups is 1. The summed E-state index contributed by atoms with van der Waals surface area (Å²) >= 11 is 0.912. The molecule has 2 aliphatic rings. The first kappa shape index (κ1) is 20.8. The summed E-state index contributed by atoms with van der Waals surface area (Å²) in [6, 6.07) is 12.7. The van der Waals surface area contributed by atoms with Gasteiger partial charge in [0.2, 0.25) is 5.91 Å². The predicted octanol–water partition coefficient (Wildman–Crippen LogP) is 2.80. The Balaban J connectivity index is 1.46. The molecule has 0 radical (unpaired) electrons. The van der Waals surface area contributed by atoms with Crippen molar-refractivity contribution in [3.8, 4) is 5.75 Å². The summed E-state index contributed by atoms with van der Waals surface area (Å²) in [5.74, 6) is -0.434. The minimum Gasteiger partial charge on any atom is -0.472 e. The molecule has 0 bridgehead atoms. The summed E-state index contributed by atoms with van der Waals surface area (Å²) < 4.78 is 11.4. The maximum atomic E-state index is 12.7. The molecule has 10 nitrogen and oxygen atoms in total. The molecule has 0 N–H and O–H groups in total. The minimum atomic E-state index is -0.912. The number of nitrogens with zero attached hydrogens (tertiary/aromatic N) is 3. The Morgan fingerprint density at radius 3 is 2.61 bits per heavy atom. The van der Waals surface area contributed by atoms with Gasteiger partial charge in [-0.2, -0.15) is 0 Å². The molecule has 2 heterocycles. The first-order chi connectivity index (χ1) is 15.0. The van der Waals surface area contributed by atoms with Gasteiger partial charge in [0, 0.05) is 24.2 Å². The summed E-state index contributed by atoms with van der Waals surface area (Å²) in [6.45, 7) is 0.0781. The summed E-state index contributed by atoms with van der Waals surface area (Å²) in [4.78, 5) is 50.0. The summed E-state index contributed by atoms with van der Waals surface area (Å²) in [6.07, 6.45) is -0.912. The summed E-state index contributed by atoms with van der Waals surface area (Å²) in [5, 5.41) is 10.6. The van der Waals surface area contributed by atoms with E-state index in [-0.39, 0.29) is 48.5 Å². The fourth-order valence-corrected chi connectivity index (χ4v) is 3.99. The third-order valence-electron chi connectivity index (χ3n) is 4.81. The number of rotatable bonds is 7. The van der Waals surface area contributed by atoms with E-state index in [4.69, 9.17) is 9.47 Å². The normalized spacial score (nSPS) is 16.8. The standard InChI is InChI=1S/C20H17N3O7S/c24-17-11-31-20(26)22(17)19(13-4-2-1-3-5-13)29-9-8-21-12-30-16-7-6-14(23(27)28)10-15(16)18(21)25/h1-7,10,19H,8-9,11-12H2. The Bertz CT molecular complexity index is 1030. The zero-order valence-corrected chi connectivity index (χ0v) is 16.9. The zero-order chi connectivity index (χ0) is 22.0. The molecular formula is C20H17N3O7S. The van der Waals surface area contributed by atoms with Crippen molar-refractivity contribution in [2.45, 2.75) is 6.23 Å². The van der Waals surface area contributed by atoms with Crippen molar-refractivity contribution in [1.82, 2.24) is 9.80 Å². The number of carbonyl (C=O) groups excluding carboxylic acids is 3. The molecule has 1 saturated heterocycles. The first-order valence-corrected chi connectivity index (χ1v) is 10.3. The van der Waals surface area contributed by atoms with Gasteiger partial charge in [-0.1, -0.05) is 42.1 Å². The van der Waals surface area contributed by atoms with Crippen LogP contribution in [0.2, 0.25) is 0 Å². The van der Waals surface area contributed by atoms with Crippen molar-refractivity contribution >= 4 is 34.5 Å². The lowest BCUT2D eigenvalue weighted by atomic mass is 10.1. The van der Waals surface area contributed by atoms with Crippen LogP contribution in [-0.2, 0) is 9.53 Å². The third kappa shape index (κ3) is 4.23. The third-order valence-corrected chi connectivity index (χ3v) is 5.64. The molecule has 0 spiro atoms. The minimum absolute atomic E-state index is 0.0145. The van der Waals surface area contributed by atoms with Gasteiger partial charge in [0.1, 0.15) is 5.75 Å². The van der Waals surface area contributed by atoms with Gasteiger partial charge in [-0.25, -0.2) is 4.90 Å². The number of ether oxygens (including phenoxy) is 2. The van der Waals surface area contributed by atoms with Gasteiger partial charge in [0.25, 0.3) is 16.8 Å². The fraction of sp³-hybridized carbons (Fsp3) is 0.250. The largest absolute Gasteiger partial charge is 0.472 e. The van der Waals surface area contributed by atoms with Crippen LogP contribution >= 0.6 is 11.8 Å². The van der Waals surface area contributed by atoms with E-state index in [1.165, 1.54) is 23.1 Å². The number of hydrogen-bond donors (Lipinski definition) is 0. The van der Waals surface area contributed by atoms with Gasteiger partial charge in [0.15, 0.2) is 13.0 Å². The Hall–Kier alpha value is -3.44. The van der Waals surface area contributed by atoms with E-state index >= 15 is 0 Å². The van der Waals surface area contributed by atoms with Crippen LogP contribution in [0.5, 0.6) is 5.75 Å². The number of non-ortho nitro benzene ring substituents is 1. The molecule has 2 aliphatic heterocycles. The molecule has 0 aromatic heterocycles. The Morgan fingerprint density at radius 1 is 1.16 bits per heavy atom. The maximum absolute atomic E-state index is 12.7. The van der Waals surface area contributed by atoms with Gasteiger partial charge in [0.05, 0.1) is 22.8 Å². The molecule has 1 unspecified atom stereocenters. The molecule has 3 amide bonds. The van der Waals surface area contributed by atoms with Crippen molar-refractivity contribution in [2.24, 2.45) is 0 Å². The van der Waals surface area contributed by atoms with Crippen LogP contribution in [0.4, 0.5) is 10.5 Å². The highest BCUT2D eigenvalue weighted by atomic mass is 32.2. The quantitative estimate of drug-likeness (QED) is 0.473. The average Bonchev–Trinajstić information content (AvgIpc) is 3.11. The van der Waals surface area contributed by atoms with E-state index in [0.29, 0.717) is 5.56 Å². The molecule has 4 rings (SSSR count). The molecule has 160 valence electrons. The molecule has 0 saturated carbocycles. The van der Waals surface area contributed by atoms with Crippen LogP contribution in [0.15, 0.2) is 48.5 Å². The monoisotopic (exact) mass is 443 g/mol. The highest BCUT2D eigenvalue weighted by Gasteiger charge is 2.37. The SMILES string of the molecule is O=C1c2cc([N+](=O)[O-])ccc2OCN1CCOC(c1ccccc1)N1C(=O)CSC1=O.